The summed E-state index contributed by atoms with van der Waals surface area (Å²) in [6.07, 6.45) is 0. The molecule has 8 heteroatoms. The van der Waals surface area contributed by atoms with Crippen molar-refractivity contribution in [1.29, 1.82) is 0 Å². The predicted molar refractivity (Wildman–Crippen MR) is 125 cm³/mol. The summed E-state index contributed by atoms with van der Waals surface area (Å²) < 4.78 is 16.3. The number of carbonyl (C=O) groups excluding carboxylic acids is 1. The molecule has 0 saturated heterocycles. The third kappa shape index (κ3) is 4.84. The van der Waals surface area contributed by atoms with Crippen LogP contribution in [0.25, 0.3) is 17.1 Å². The number of halogens is 2. The van der Waals surface area contributed by atoms with Crippen molar-refractivity contribution in [3.05, 3.63) is 95.3 Å². The number of benzene rings is 3. The highest BCUT2D eigenvalue weighted by atomic mass is 35.5. The quantitative estimate of drug-likeness (QED) is 0.355. The van der Waals surface area contributed by atoms with Crippen LogP contribution in [-0.2, 0) is 4.79 Å². The summed E-state index contributed by atoms with van der Waals surface area (Å²) in [5.41, 5.74) is 1.92. The molecule has 0 radical (unpaired) electrons. The molecule has 0 aliphatic rings. The van der Waals surface area contributed by atoms with Crippen molar-refractivity contribution < 1.29 is 9.18 Å². The lowest BCUT2D eigenvalue weighted by Crippen LogP contribution is -2.28. The average molecular weight is 467 g/mol. The Bertz CT molecular complexity index is 1230. The first-order chi connectivity index (χ1) is 15.5. The van der Waals surface area contributed by atoms with Crippen LogP contribution in [0, 0.1) is 5.82 Å². The minimum Gasteiger partial charge on any atom is -0.349 e. The molecule has 4 rings (SSSR count). The van der Waals surface area contributed by atoms with E-state index in [9.17, 15) is 9.18 Å². The summed E-state index contributed by atoms with van der Waals surface area (Å²) in [6, 6.07) is 23.1. The zero-order valence-corrected chi connectivity index (χ0v) is 18.8. The van der Waals surface area contributed by atoms with Gasteiger partial charge < -0.3 is 5.32 Å². The molecule has 5 nitrogen and oxygen atoms in total. The van der Waals surface area contributed by atoms with Crippen molar-refractivity contribution in [3.8, 4) is 17.1 Å². The normalized spacial score (nSPS) is 11.8. The van der Waals surface area contributed by atoms with Crippen molar-refractivity contribution >= 4 is 29.3 Å². The highest BCUT2D eigenvalue weighted by Gasteiger charge is 2.21. The average Bonchev–Trinajstić information content (AvgIpc) is 3.22. The van der Waals surface area contributed by atoms with E-state index in [0.717, 1.165) is 5.56 Å². The number of rotatable bonds is 7. The fourth-order valence-corrected chi connectivity index (χ4v) is 4.25. The van der Waals surface area contributed by atoms with Gasteiger partial charge in [0.15, 0.2) is 11.0 Å². The molecule has 1 atom stereocenters. The lowest BCUT2D eigenvalue weighted by atomic mass is 10.1. The third-order valence-electron chi connectivity index (χ3n) is 4.85. The Labute approximate surface area is 194 Å². The Hall–Kier alpha value is -3.16. The van der Waals surface area contributed by atoms with Gasteiger partial charge in [0.05, 0.1) is 22.5 Å². The Balaban J connectivity index is 1.60. The Morgan fingerprint density at radius 2 is 1.72 bits per heavy atom. The number of nitrogens with zero attached hydrogens (tertiary/aromatic N) is 3. The molecule has 1 amide bonds. The van der Waals surface area contributed by atoms with Gasteiger partial charge in [0.1, 0.15) is 5.82 Å². The standard InChI is InChI=1S/C24H20ClFN4OS/c1-16(17-9-3-2-4-10-17)27-22(31)15-32-24-29-28-23(18-11-5-6-12-19(18)25)30(24)21-14-8-7-13-20(21)26/h2-14,16H,15H2,1H3,(H,27,31). The molecule has 162 valence electrons. The van der Waals surface area contributed by atoms with Crippen LogP contribution in [0.15, 0.2) is 84.0 Å². The van der Waals surface area contributed by atoms with Gasteiger partial charge in [0.25, 0.3) is 0 Å². The van der Waals surface area contributed by atoms with Crippen LogP contribution in [0.1, 0.15) is 18.5 Å². The molecular weight excluding hydrogens is 447 g/mol. The topological polar surface area (TPSA) is 59.8 Å². The summed E-state index contributed by atoms with van der Waals surface area (Å²) in [7, 11) is 0. The van der Waals surface area contributed by atoms with Crippen LogP contribution in [0.4, 0.5) is 4.39 Å². The maximum absolute atomic E-state index is 14.7. The van der Waals surface area contributed by atoms with E-state index >= 15 is 0 Å². The second kappa shape index (κ2) is 9.97. The molecule has 0 saturated carbocycles. The lowest BCUT2D eigenvalue weighted by molar-refractivity contribution is -0.119. The Morgan fingerprint density at radius 3 is 2.47 bits per heavy atom. The van der Waals surface area contributed by atoms with E-state index in [4.69, 9.17) is 11.6 Å². The highest BCUT2D eigenvalue weighted by Crippen LogP contribution is 2.32. The largest absolute Gasteiger partial charge is 0.349 e. The van der Waals surface area contributed by atoms with Gasteiger partial charge >= 0.3 is 0 Å². The molecule has 1 heterocycles. The minimum absolute atomic E-state index is 0.103. The van der Waals surface area contributed by atoms with E-state index in [1.54, 1.807) is 34.9 Å². The summed E-state index contributed by atoms with van der Waals surface area (Å²) in [5.74, 6) is -0.0775. The monoisotopic (exact) mass is 466 g/mol. The van der Waals surface area contributed by atoms with Crippen molar-refractivity contribution in [2.75, 3.05) is 5.75 Å². The van der Waals surface area contributed by atoms with E-state index in [1.807, 2.05) is 49.4 Å². The van der Waals surface area contributed by atoms with Gasteiger partial charge in [0.2, 0.25) is 5.91 Å². The summed E-state index contributed by atoms with van der Waals surface area (Å²) in [4.78, 5) is 12.6. The van der Waals surface area contributed by atoms with Gasteiger partial charge in [-0.15, -0.1) is 10.2 Å². The molecule has 0 aliphatic carbocycles. The molecule has 0 fully saturated rings. The Morgan fingerprint density at radius 1 is 1.03 bits per heavy atom. The van der Waals surface area contributed by atoms with Crippen LogP contribution >= 0.6 is 23.4 Å². The van der Waals surface area contributed by atoms with E-state index < -0.39 is 5.82 Å². The summed E-state index contributed by atoms with van der Waals surface area (Å²) in [5, 5.41) is 12.3. The molecule has 1 unspecified atom stereocenters. The predicted octanol–water partition coefficient (Wildman–Crippen LogP) is 5.70. The maximum atomic E-state index is 14.7. The molecule has 0 bridgehead atoms. The summed E-state index contributed by atoms with van der Waals surface area (Å²) in [6.45, 7) is 1.93. The number of hydrogen-bond donors (Lipinski definition) is 1. The number of aromatic nitrogens is 3. The Kier molecular flexibility index (Phi) is 6.87. The van der Waals surface area contributed by atoms with E-state index in [2.05, 4.69) is 15.5 Å². The van der Waals surface area contributed by atoms with Gasteiger partial charge in [-0.25, -0.2) is 4.39 Å². The maximum Gasteiger partial charge on any atom is 0.230 e. The first-order valence-corrected chi connectivity index (χ1v) is 11.3. The zero-order valence-electron chi connectivity index (χ0n) is 17.2. The molecule has 0 spiro atoms. The molecular formula is C24H20ClFN4OS. The van der Waals surface area contributed by atoms with E-state index in [0.29, 0.717) is 21.6 Å². The fraction of sp³-hybridized carbons (Fsp3) is 0.125. The number of thioether (sulfide) groups is 1. The van der Waals surface area contributed by atoms with E-state index in [-0.39, 0.29) is 23.4 Å². The van der Waals surface area contributed by atoms with Crippen LogP contribution in [0.5, 0.6) is 0 Å². The second-order valence-corrected chi connectivity index (χ2v) is 8.41. The highest BCUT2D eigenvalue weighted by molar-refractivity contribution is 7.99. The number of para-hydroxylation sites is 1. The lowest BCUT2D eigenvalue weighted by Gasteiger charge is -2.14. The SMILES string of the molecule is CC(NC(=O)CSc1nnc(-c2ccccc2Cl)n1-c1ccccc1F)c1ccccc1. The molecule has 32 heavy (non-hydrogen) atoms. The van der Waals surface area contributed by atoms with E-state index in [1.165, 1.54) is 17.8 Å². The molecule has 1 N–H and O–H groups in total. The fourth-order valence-electron chi connectivity index (χ4n) is 3.27. The molecule has 1 aromatic heterocycles. The van der Waals surface area contributed by atoms with Crippen LogP contribution < -0.4 is 5.32 Å². The first kappa shape index (κ1) is 22.0. The van der Waals surface area contributed by atoms with Crippen molar-refractivity contribution in [2.24, 2.45) is 0 Å². The van der Waals surface area contributed by atoms with Crippen LogP contribution in [0.2, 0.25) is 5.02 Å². The second-order valence-electron chi connectivity index (χ2n) is 7.06. The van der Waals surface area contributed by atoms with Gasteiger partial charge in [-0.1, -0.05) is 78.0 Å². The van der Waals surface area contributed by atoms with Crippen LogP contribution in [0.3, 0.4) is 0 Å². The van der Waals surface area contributed by atoms with Crippen molar-refractivity contribution in [2.45, 2.75) is 18.1 Å². The number of nitrogens with one attached hydrogen (secondary N) is 1. The summed E-state index contributed by atoms with van der Waals surface area (Å²) >= 11 is 7.55. The minimum atomic E-state index is -0.426. The van der Waals surface area contributed by atoms with Crippen LogP contribution in [-0.4, -0.2) is 26.4 Å². The number of carbonyl (C=O) groups is 1. The van der Waals surface area contributed by atoms with Crippen molar-refractivity contribution in [3.63, 3.8) is 0 Å². The van der Waals surface area contributed by atoms with Gasteiger partial charge in [-0.3, -0.25) is 9.36 Å². The number of amides is 1. The van der Waals surface area contributed by atoms with Gasteiger partial charge in [-0.2, -0.15) is 0 Å². The van der Waals surface area contributed by atoms with Crippen molar-refractivity contribution in [1.82, 2.24) is 20.1 Å². The molecule has 0 aliphatic heterocycles. The third-order valence-corrected chi connectivity index (χ3v) is 6.11. The smallest absolute Gasteiger partial charge is 0.230 e. The van der Waals surface area contributed by atoms with Gasteiger partial charge in [0, 0.05) is 5.56 Å². The molecule has 3 aromatic carbocycles. The molecule has 4 aromatic rings. The first-order valence-electron chi connectivity index (χ1n) is 9.97. The zero-order chi connectivity index (χ0) is 22.5. The number of hydrogen-bond acceptors (Lipinski definition) is 4. The van der Waals surface area contributed by atoms with Gasteiger partial charge in [-0.05, 0) is 36.8 Å².